The van der Waals surface area contributed by atoms with E-state index in [9.17, 15) is 0 Å². The number of thiophene rings is 2. The fraction of sp³-hybridized carbons (Fsp3) is 0. The molecule has 0 saturated heterocycles. The Morgan fingerprint density at radius 3 is 1.48 bits per heavy atom. The zero-order chi connectivity index (χ0) is 15.6. The Morgan fingerprint density at radius 1 is 0.478 bits per heavy atom. The summed E-state index contributed by atoms with van der Waals surface area (Å²) in [4.78, 5) is 3.91. The van der Waals surface area contributed by atoms with Crippen molar-refractivity contribution in [1.82, 2.24) is 0 Å². The van der Waals surface area contributed by atoms with Crippen LogP contribution in [0, 0.1) is 0 Å². The van der Waals surface area contributed by atoms with Crippen LogP contribution in [0.3, 0.4) is 0 Å². The third-order valence-corrected chi connectivity index (χ3v) is 6.55. The zero-order valence-corrected chi connectivity index (χ0v) is 15.4. The summed E-state index contributed by atoms with van der Waals surface area (Å²) in [6.45, 7) is 0. The highest BCUT2D eigenvalue weighted by Crippen LogP contribution is 2.36. The molecule has 0 aliphatic rings. The van der Waals surface area contributed by atoms with E-state index in [1.807, 2.05) is 11.3 Å². The molecule has 4 rings (SSSR count). The fourth-order valence-corrected chi connectivity index (χ4v) is 4.93. The molecule has 0 amide bonds. The fourth-order valence-electron chi connectivity index (χ4n) is 2.52. The highest BCUT2D eigenvalue weighted by molar-refractivity contribution is 9.11. The van der Waals surface area contributed by atoms with Crippen molar-refractivity contribution in [1.29, 1.82) is 0 Å². The highest BCUT2D eigenvalue weighted by atomic mass is 79.9. The Kier molecular flexibility index (Phi) is 4.17. The summed E-state index contributed by atoms with van der Waals surface area (Å²) in [6, 6.07) is 28.1. The van der Waals surface area contributed by atoms with Crippen LogP contribution in [-0.4, -0.2) is 0 Å². The average Bonchev–Trinajstić information content (AvgIpc) is 3.25. The largest absolute Gasteiger partial charge is 0.135 e. The van der Waals surface area contributed by atoms with Crippen LogP contribution in [0.4, 0.5) is 0 Å². The van der Waals surface area contributed by atoms with Gasteiger partial charge in [0.05, 0.1) is 3.79 Å². The molecule has 2 aromatic heterocycles. The van der Waals surface area contributed by atoms with Gasteiger partial charge in [-0.1, -0.05) is 54.6 Å². The van der Waals surface area contributed by atoms with E-state index in [0.717, 1.165) is 0 Å². The van der Waals surface area contributed by atoms with Crippen molar-refractivity contribution in [3.63, 3.8) is 0 Å². The molecule has 0 radical (unpaired) electrons. The summed E-state index contributed by atoms with van der Waals surface area (Å²) < 4.78 is 1.17. The van der Waals surface area contributed by atoms with Crippen molar-refractivity contribution in [3.8, 4) is 31.3 Å². The number of rotatable bonds is 3. The number of hydrogen-bond donors (Lipinski definition) is 0. The van der Waals surface area contributed by atoms with Gasteiger partial charge in [-0.25, -0.2) is 0 Å². The second kappa shape index (κ2) is 6.44. The van der Waals surface area contributed by atoms with Gasteiger partial charge in [-0.15, -0.1) is 22.7 Å². The number of hydrogen-bond acceptors (Lipinski definition) is 2. The molecule has 0 spiro atoms. The molecular weight excluding hydrogens is 384 g/mol. The van der Waals surface area contributed by atoms with Crippen LogP contribution in [0.25, 0.3) is 31.3 Å². The van der Waals surface area contributed by atoms with Crippen molar-refractivity contribution >= 4 is 38.6 Å². The number of halogens is 1. The first-order chi connectivity index (χ1) is 11.3. The van der Waals surface area contributed by atoms with Crippen molar-refractivity contribution < 1.29 is 0 Å². The van der Waals surface area contributed by atoms with Crippen molar-refractivity contribution in [2.45, 2.75) is 0 Å². The first-order valence-corrected chi connectivity index (χ1v) is 9.73. The number of benzene rings is 2. The van der Waals surface area contributed by atoms with Gasteiger partial charge in [-0.3, -0.25) is 0 Å². The Bertz CT molecular complexity index is 918. The van der Waals surface area contributed by atoms with E-state index in [4.69, 9.17) is 0 Å². The standard InChI is InChI=1S/C20H13BrS2/c21-20-13-12-19(23-20)16-8-6-15(7-9-16)18-11-10-17(22-18)14-4-2-1-3-5-14/h1-13H. The van der Waals surface area contributed by atoms with E-state index in [1.165, 1.54) is 35.1 Å². The van der Waals surface area contributed by atoms with E-state index >= 15 is 0 Å². The summed E-state index contributed by atoms with van der Waals surface area (Å²) in [7, 11) is 0. The van der Waals surface area contributed by atoms with Crippen LogP contribution in [0.5, 0.6) is 0 Å². The normalized spacial score (nSPS) is 10.8. The molecule has 0 unspecified atom stereocenters. The molecule has 2 heterocycles. The van der Waals surface area contributed by atoms with Gasteiger partial charge in [0.2, 0.25) is 0 Å². The van der Waals surface area contributed by atoms with Gasteiger partial charge in [0.1, 0.15) is 0 Å². The maximum Gasteiger partial charge on any atom is 0.0705 e. The second-order valence-electron chi connectivity index (χ2n) is 5.21. The Morgan fingerprint density at radius 2 is 0.957 bits per heavy atom. The predicted molar refractivity (Wildman–Crippen MR) is 106 cm³/mol. The Balaban J connectivity index is 1.63. The summed E-state index contributed by atoms with van der Waals surface area (Å²) in [5.74, 6) is 0. The van der Waals surface area contributed by atoms with Crippen LogP contribution >= 0.6 is 38.6 Å². The lowest BCUT2D eigenvalue weighted by molar-refractivity contribution is 1.68. The monoisotopic (exact) mass is 396 g/mol. The summed E-state index contributed by atoms with van der Waals surface area (Å²) >= 11 is 7.13. The molecule has 3 heteroatoms. The van der Waals surface area contributed by atoms with Gasteiger partial charge in [-0.05, 0) is 56.9 Å². The molecule has 0 aliphatic carbocycles. The van der Waals surface area contributed by atoms with Crippen LogP contribution in [-0.2, 0) is 0 Å². The molecule has 4 aromatic rings. The SMILES string of the molecule is Brc1ccc(-c2ccc(-c3ccc(-c4ccccc4)s3)cc2)s1. The minimum atomic E-state index is 1.17. The lowest BCUT2D eigenvalue weighted by atomic mass is 10.1. The summed E-state index contributed by atoms with van der Waals surface area (Å²) in [6.07, 6.45) is 0. The smallest absolute Gasteiger partial charge is 0.0705 e. The third kappa shape index (κ3) is 3.18. The molecule has 0 atom stereocenters. The second-order valence-corrected chi connectivity index (χ2v) is 8.76. The van der Waals surface area contributed by atoms with E-state index in [2.05, 4.69) is 94.8 Å². The Hall–Kier alpha value is -1.68. The van der Waals surface area contributed by atoms with Crippen LogP contribution in [0.15, 0.2) is 82.6 Å². The van der Waals surface area contributed by atoms with Gasteiger partial charge in [-0.2, -0.15) is 0 Å². The molecule has 2 aromatic carbocycles. The minimum Gasteiger partial charge on any atom is -0.135 e. The van der Waals surface area contributed by atoms with Gasteiger partial charge in [0, 0.05) is 14.6 Å². The van der Waals surface area contributed by atoms with Gasteiger partial charge in [0.25, 0.3) is 0 Å². The predicted octanol–water partition coefficient (Wildman–Crippen LogP) is 7.57. The molecule has 0 nitrogen and oxygen atoms in total. The zero-order valence-electron chi connectivity index (χ0n) is 12.2. The maximum absolute atomic E-state index is 3.53. The molecular formula is C20H13BrS2. The van der Waals surface area contributed by atoms with E-state index in [1.54, 1.807) is 11.3 Å². The maximum atomic E-state index is 3.53. The van der Waals surface area contributed by atoms with Gasteiger partial charge in [0.15, 0.2) is 0 Å². The van der Waals surface area contributed by atoms with Crippen molar-refractivity contribution in [2.75, 3.05) is 0 Å². The third-order valence-electron chi connectivity index (χ3n) is 3.69. The minimum absolute atomic E-state index is 1.17. The van der Waals surface area contributed by atoms with Gasteiger partial charge < -0.3 is 0 Å². The molecule has 0 bridgehead atoms. The molecule has 23 heavy (non-hydrogen) atoms. The summed E-state index contributed by atoms with van der Waals surface area (Å²) in [5, 5.41) is 0. The quantitative estimate of drug-likeness (QED) is 0.334. The lowest BCUT2D eigenvalue weighted by Crippen LogP contribution is -1.74. The van der Waals surface area contributed by atoms with E-state index < -0.39 is 0 Å². The van der Waals surface area contributed by atoms with Crippen molar-refractivity contribution in [3.05, 3.63) is 82.6 Å². The lowest BCUT2D eigenvalue weighted by Gasteiger charge is -2.01. The Labute approximate surface area is 152 Å². The van der Waals surface area contributed by atoms with Crippen molar-refractivity contribution in [2.24, 2.45) is 0 Å². The first kappa shape index (κ1) is 14.9. The van der Waals surface area contributed by atoms with E-state index in [-0.39, 0.29) is 0 Å². The van der Waals surface area contributed by atoms with Crippen LogP contribution in [0.1, 0.15) is 0 Å². The molecule has 0 N–H and O–H groups in total. The highest BCUT2D eigenvalue weighted by Gasteiger charge is 2.06. The van der Waals surface area contributed by atoms with E-state index in [0.29, 0.717) is 0 Å². The average molecular weight is 397 g/mol. The van der Waals surface area contributed by atoms with Crippen LogP contribution in [0.2, 0.25) is 0 Å². The van der Waals surface area contributed by atoms with Gasteiger partial charge >= 0.3 is 0 Å². The molecule has 0 fully saturated rings. The van der Waals surface area contributed by atoms with Crippen LogP contribution < -0.4 is 0 Å². The molecule has 0 aliphatic heterocycles. The molecule has 0 saturated carbocycles. The molecule has 112 valence electrons. The first-order valence-electron chi connectivity index (χ1n) is 7.31. The summed E-state index contributed by atoms with van der Waals surface area (Å²) in [5.41, 5.74) is 3.82. The topological polar surface area (TPSA) is 0 Å².